The number of aromatic nitrogens is 1. The summed E-state index contributed by atoms with van der Waals surface area (Å²) in [5, 5.41) is 14.8. The molecule has 0 aliphatic carbocycles. The highest BCUT2D eigenvalue weighted by molar-refractivity contribution is 6.02. The molecular weight excluding hydrogens is 310 g/mol. The van der Waals surface area contributed by atoms with Crippen molar-refractivity contribution < 1.29 is 28.0 Å². The molecule has 0 bridgehead atoms. The van der Waals surface area contributed by atoms with Crippen LogP contribution in [-0.4, -0.2) is 34.6 Å². The van der Waals surface area contributed by atoms with Crippen LogP contribution in [0.3, 0.4) is 0 Å². The number of aryl methyl sites for hydroxylation is 1. The average molecular weight is 324 g/mol. The molecule has 122 valence electrons. The molecule has 1 amide bonds. The third kappa shape index (κ3) is 3.91. The first-order valence-corrected chi connectivity index (χ1v) is 6.73. The summed E-state index contributed by atoms with van der Waals surface area (Å²) in [6.45, 7) is 1.48. The quantitative estimate of drug-likeness (QED) is 0.851. The smallest absolute Gasteiger partial charge is 0.326 e. The Kier molecular flexibility index (Phi) is 5.05. The van der Waals surface area contributed by atoms with Gasteiger partial charge in [0.15, 0.2) is 0 Å². The van der Waals surface area contributed by atoms with E-state index < -0.39 is 30.8 Å². The molecule has 0 aliphatic rings. The number of hydrogen-bond acceptors (Lipinski definition) is 4. The Morgan fingerprint density at radius 1 is 1.30 bits per heavy atom. The lowest BCUT2D eigenvalue weighted by Crippen LogP contribution is -2.42. The van der Waals surface area contributed by atoms with E-state index in [2.05, 4.69) is 10.5 Å². The number of carboxylic acid groups (broad SMARTS) is 1. The van der Waals surface area contributed by atoms with Crippen molar-refractivity contribution in [3.8, 4) is 11.3 Å². The molecular formula is C15H14F2N2O4. The maximum absolute atomic E-state index is 12.4. The molecule has 1 aromatic heterocycles. The molecule has 2 aromatic rings. The molecule has 0 aliphatic heterocycles. The molecule has 0 saturated heterocycles. The van der Waals surface area contributed by atoms with Crippen LogP contribution in [0.4, 0.5) is 8.78 Å². The molecule has 0 radical (unpaired) electrons. The average Bonchev–Trinajstić information content (AvgIpc) is 2.88. The van der Waals surface area contributed by atoms with Crippen LogP contribution in [0.1, 0.15) is 22.5 Å². The van der Waals surface area contributed by atoms with Gasteiger partial charge in [-0.1, -0.05) is 35.5 Å². The first-order valence-electron chi connectivity index (χ1n) is 6.73. The molecule has 1 heterocycles. The lowest BCUT2D eigenvalue weighted by Gasteiger charge is -2.14. The summed E-state index contributed by atoms with van der Waals surface area (Å²) in [7, 11) is 0. The fraction of sp³-hybridized carbons (Fsp3) is 0.267. The maximum atomic E-state index is 12.4. The number of aliphatic carboxylic acids is 1. The summed E-state index contributed by atoms with van der Waals surface area (Å²) in [4.78, 5) is 23.3. The summed E-state index contributed by atoms with van der Waals surface area (Å²) in [6.07, 6.45) is -3.83. The summed E-state index contributed by atoms with van der Waals surface area (Å²) >= 11 is 0. The number of nitrogens with one attached hydrogen (secondary N) is 1. The molecule has 0 fully saturated rings. The molecule has 2 rings (SSSR count). The highest BCUT2D eigenvalue weighted by Gasteiger charge is 2.28. The van der Waals surface area contributed by atoms with Crippen molar-refractivity contribution in [2.45, 2.75) is 25.8 Å². The second-order valence-electron chi connectivity index (χ2n) is 4.82. The third-order valence-electron chi connectivity index (χ3n) is 3.15. The fourth-order valence-corrected chi connectivity index (χ4v) is 2.06. The number of amides is 1. The van der Waals surface area contributed by atoms with Crippen LogP contribution >= 0.6 is 0 Å². The third-order valence-corrected chi connectivity index (χ3v) is 3.15. The second-order valence-corrected chi connectivity index (χ2v) is 4.82. The van der Waals surface area contributed by atoms with Gasteiger partial charge in [-0.05, 0) is 6.92 Å². The van der Waals surface area contributed by atoms with Crippen LogP contribution in [0.2, 0.25) is 0 Å². The molecule has 2 N–H and O–H groups in total. The van der Waals surface area contributed by atoms with Gasteiger partial charge in [0.25, 0.3) is 5.91 Å². The number of carbonyl (C=O) groups is 2. The standard InChI is InChI=1S/C15H14F2N2O4/c1-8-12(13(19-23-8)9-5-3-2-4-6-9)14(20)18-10(15(21)22)7-11(16)17/h2-6,10-11H,7H2,1H3,(H,18,20)(H,21,22). The zero-order valence-corrected chi connectivity index (χ0v) is 12.1. The monoisotopic (exact) mass is 324 g/mol. The maximum Gasteiger partial charge on any atom is 0.326 e. The molecule has 0 spiro atoms. The van der Waals surface area contributed by atoms with Crippen molar-refractivity contribution >= 4 is 11.9 Å². The Balaban J connectivity index is 2.29. The number of nitrogens with zero attached hydrogens (tertiary/aromatic N) is 1. The molecule has 8 heteroatoms. The van der Waals surface area contributed by atoms with E-state index in [1.54, 1.807) is 30.3 Å². The Labute approximate surface area is 130 Å². The minimum absolute atomic E-state index is 0.0247. The van der Waals surface area contributed by atoms with Gasteiger partial charge in [-0.15, -0.1) is 0 Å². The van der Waals surface area contributed by atoms with Gasteiger partial charge < -0.3 is 14.9 Å². The molecule has 1 atom stereocenters. The summed E-state index contributed by atoms with van der Waals surface area (Å²) in [5.41, 5.74) is 0.841. The molecule has 1 aromatic carbocycles. The Morgan fingerprint density at radius 3 is 2.52 bits per heavy atom. The van der Waals surface area contributed by atoms with E-state index in [4.69, 9.17) is 9.63 Å². The number of benzene rings is 1. The van der Waals surface area contributed by atoms with Crippen molar-refractivity contribution in [1.82, 2.24) is 10.5 Å². The Hall–Kier alpha value is -2.77. The van der Waals surface area contributed by atoms with Gasteiger partial charge in [0, 0.05) is 12.0 Å². The van der Waals surface area contributed by atoms with Crippen LogP contribution in [0.5, 0.6) is 0 Å². The van der Waals surface area contributed by atoms with Crippen molar-refractivity contribution in [1.29, 1.82) is 0 Å². The van der Waals surface area contributed by atoms with Crippen molar-refractivity contribution in [3.05, 3.63) is 41.7 Å². The minimum Gasteiger partial charge on any atom is -0.480 e. The van der Waals surface area contributed by atoms with Gasteiger partial charge in [0.05, 0.1) is 0 Å². The largest absolute Gasteiger partial charge is 0.480 e. The number of halogens is 2. The van der Waals surface area contributed by atoms with E-state index in [9.17, 15) is 18.4 Å². The predicted molar refractivity (Wildman–Crippen MR) is 76.2 cm³/mol. The number of rotatable bonds is 6. The van der Waals surface area contributed by atoms with Crippen molar-refractivity contribution in [3.63, 3.8) is 0 Å². The zero-order chi connectivity index (χ0) is 17.0. The normalized spacial score (nSPS) is 12.2. The lowest BCUT2D eigenvalue weighted by molar-refractivity contribution is -0.140. The summed E-state index contributed by atoms with van der Waals surface area (Å²) < 4.78 is 29.8. The van der Waals surface area contributed by atoms with Crippen LogP contribution in [0.15, 0.2) is 34.9 Å². The lowest BCUT2D eigenvalue weighted by atomic mass is 10.1. The van der Waals surface area contributed by atoms with E-state index in [0.717, 1.165) is 0 Å². The second kappa shape index (κ2) is 6.99. The minimum atomic E-state index is -2.85. The van der Waals surface area contributed by atoms with E-state index in [1.807, 2.05) is 0 Å². The van der Waals surface area contributed by atoms with Gasteiger partial charge in [-0.2, -0.15) is 0 Å². The Morgan fingerprint density at radius 2 is 1.96 bits per heavy atom. The molecule has 6 nitrogen and oxygen atoms in total. The van der Waals surface area contributed by atoms with E-state index in [0.29, 0.717) is 5.56 Å². The topological polar surface area (TPSA) is 92.4 Å². The van der Waals surface area contributed by atoms with Crippen molar-refractivity contribution in [2.24, 2.45) is 0 Å². The number of carbonyl (C=O) groups excluding carboxylic acids is 1. The highest BCUT2D eigenvalue weighted by atomic mass is 19.3. The van der Waals surface area contributed by atoms with Gasteiger partial charge in [0.1, 0.15) is 23.1 Å². The van der Waals surface area contributed by atoms with Gasteiger partial charge >= 0.3 is 5.97 Å². The van der Waals surface area contributed by atoms with Crippen LogP contribution in [0.25, 0.3) is 11.3 Å². The van der Waals surface area contributed by atoms with E-state index in [1.165, 1.54) is 6.92 Å². The molecule has 23 heavy (non-hydrogen) atoms. The summed E-state index contributed by atoms with van der Waals surface area (Å²) in [6, 6.07) is 6.94. The van der Waals surface area contributed by atoms with Crippen LogP contribution < -0.4 is 5.32 Å². The number of alkyl halides is 2. The van der Waals surface area contributed by atoms with E-state index in [-0.39, 0.29) is 17.0 Å². The molecule has 1 unspecified atom stereocenters. The van der Waals surface area contributed by atoms with Gasteiger partial charge in [0.2, 0.25) is 6.43 Å². The summed E-state index contributed by atoms with van der Waals surface area (Å²) in [5.74, 6) is -2.19. The van der Waals surface area contributed by atoms with Crippen LogP contribution in [-0.2, 0) is 4.79 Å². The number of carboxylic acids is 1. The zero-order valence-electron chi connectivity index (χ0n) is 12.1. The predicted octanol–water partition coefficient (Wildman–Crippen LogP) is 2.49. The van der Waals surface area contributed by atoms with Crippen molar-refractivity contribution in [2.75, 3.05) is 0 Å². The van der Waals surface area contributed by atoms with Gasteiger partial charge in [-0.25, -0.2) is 13.6 Å². The molecule has 0 saturated carbocycles. The fourth-order valence-electron chi connectivity index (χ4n) is 2.06. The van der Waals surface area contributed by atoms with E-state index >= 15 is 0 Å². The number of hydrogen-bond donors (Lipinski definition) is 2. The highest BCUT2D eigenvalue weighted by Crippen LogP contribution is 2.25. The van der Waals surface area contributed by atoms with Crippen LogP contribution in [0, 0.1) is 6.92 Å². The Bertz CT molecular complexity index is 701. The first kappa shape index (κ1) is 16.6. The first-order chi connectivity index (χ1) is 10.9. The van der Waals surface area contributed by atoms with Gasteiger partial charge in [-0.3, -0.25) is 4.79 Å². The SMILES string of the molecule is Cc1onc(-c2ccccc2)c1C(=O)NC(CC(F)F)C(=O)O.